The number of hydrogen-bond donors (Lipinski definition) is 0. The summed E-state index contributed by atoms with van der Waals surface area (Å²) in [5, 5.41) is 0. The molecular formula is C15H26N+. The molecule has 0 amide bonds. The summed E-state index contributed by atoms with van der Waals surface area (Å²) in [6.45, 7) is 7.80. The highest BCUT2D eigenvalue weighted by Crippen LogP contribution is 2.05. The highest BCUT2D eigenvalue weighted by atomic mass is 14.9. The number of hydrogen-bond acceptors (Lipinski definition) is 0. The number of aryl methyl sites for hydroxylation is 3. The Morgan fingerprint density at radius 3 is 2.31 bits per heavy atom. The lowest BCUT2D eigenvalue weighted by Crippen LogP contribution is -2.33. The summed E-state index contributed by atoms with van der Waals surface area (Å²) in [6, 6.07) is 2.21. The molecule has 1 heteroatoms. The van der Waals surface area contributed by atoms with Crippen LogP contribution in [0.15, 0.2) is 18.5 Å². The van der Waals surface area contributed by atoms with Crippen molar-refractivity contribution < 1.29 is 4.57 Å². The first-order valence-corrected chi connectivity index (χ1v) is 6.70. The van der Waals surface area contributed by atoms with Gasteiger partial charge in [-0.25, -0.2) is 4.57 Å². The van der Waals surface area contributed by atoms with E-state index in [1.165, 1.54) is 56.2 Å². The lowest BCUT2D eigenvalue weighted by atomic mass is 10.1. The number of pyridine rings is 1. The molecule has 0 radical (unpaired) electrons. The molecule has 1 aromatic rings. The first-order chi connectivity index (χ1) is 7.74. The predicted molar refractivity (Wildman–Crippen MR) is 69.5 cm³/mol. The molecule has 0 atom stereocenters. The summed E-state index contributed by atoms with van der Waals surface area (Å²) in [5.41, 5.74) is 2.78. The van der Waals surface area contributed by atoms with Crippen LogP contribution in [0.25, 0.3) is 0 Å². The zero-order valence-corrected chi connectivity index (χ0v) is 11.1. The number of nitrogens with zero attached hydrogens (tertiary/aromatic N) is 1. The van der Waals surface area contributed by atoms with Gasteiger partial charge in [0.25, 0.3) is 0 Å². The molecule has 0 aliphatic rings. The molecule has 90 valence electrons. The van der Waals surface area contributed by atoms with E-state index in [0.29, 0.717) is 0 Å². The van der Waals surface area contributed by atoms with E-state index in [9.17, 15) is 0 Å². The summed E-state index contributed by atoms with van der Waals surface area (Å²) in [7, 11) is 0. The Morgan fingerprint density at radius 2 is 1.62 bits per heavy atom. The molecule has 1 rings (SSSR count). The van der Waals surface area contributed by atoms with Gasteiger partial charge in [-0.3, -0.25) is 0 Å². The van der Waals surface area contributed by atoms with Crippen LogP contribution in [0.5, 0.6) is 0 Å². The van der Waals surface area contributed by atoms with Crippen molar-refractivity contribution in [1.29, 1.82) is 0 Å². The van der Waals surface area contributed by atoms with Gasteiger partial charge in [0.2, 0.25) is 0 Å². The number of rotatable bonds is 7. The second kappa shape index (κ2) is 7.43. The third kappa shape index (κ3) is 4.78. The van der Waals surface area contributed by atoms with Gasteiger partial charge in [-0.05, 0) is 25.8 Å². The quantitative estimate of drug-likeness (QED) is 0.484. The molecule has 1 heterocycles. The molecule has 0 saturated carbocycles. The minimum atomic E-state index is 1.17. The van der Waals surface area contributed by atoms with E-state index in [1.807, 2.05) is 0 Å². The van der Waals surface area contributed by atoms with Crippen molar-refractivity contribution in [3.8, 4) is 0 Å². The average Bonchev–Trinajstić information content (AvgIpc) is 2.28. The fourth-order valence-corrected chi connectivity index (χ4v) is 1.95. The van der Waals surface area contributed by atoms with Gasteiger partial charge in [0, 0.05) is 18.1 Å². The van der Waals surface area contributed by atoms with Crippen LogP contribution in [0.4, 0.5) is 0 Å². The topological polar surface area (TPSA) is 3.88 Å². The van der Waals surface area contributed by atoms with E-state index in [1.54, 1.807) is 0 Å². The minimum absolute atomic E-state index is 1.17. The summed E-state index contributed by atoms with van der Waals surface area (Å²) >= 11 is 0. The second-order valence-corrected chi connectivity index (χ2v) is 4.82. The van der Waals surface area contributed by atoms with Crippen molar-refractivity contribution in [2.24, 2.45) is 0 Å². The first kappa shape index (κ1) is 13.2. The Bertz CT molecular complexity index is 304. The number of unbranched alkanes of at least 4 members (excludes halogenated alkanes) is 5. The lowest BCUT2D eigenvalue weighted by Gasteiger charge is -2.01. The van der Waals surface area contributed by atoms with Crippen LogP contribution in [0, 0.1) is 13.8 Å². The highest BCUT2D eigenvalue weighted by Gasteiger charge is 2.02. The van der Waals surface area contributed by atoms with Crippen LogP contribution < -0.4 is 4.57 Å². The fraction of sp³-hybridized carbons (Fsp3) is 0.667. The Labute approximate surface area is 101 Å². The van der Waals surface area contributed by atoms with Gasteiger partial charge >= 0.3 is 0 Å². The molecule has 0 spiro atoms. The smallest absolute Gasteiger partial charge is 0.171 e. The molecular weight excluding hydrogens is 194 g/mol. The van der Waals surface area contributed by atoms with Crippen LogP contribution in [0.2, 0.25) is 0 Å². The summed E-state index contributed by atoms with van der Waals surface area (Å²) in [5.74, 6) is 0. The van der Waals surface area contributed by atoms with Crippen LogP contribution in [0.3, 0.4) is 0 Å². The fourth-order valence-electron chi connectivity index (χ4n) is 1.95. The highest BCUT2D eigenvalue weighted by molar-refractivity contribution is 5.16. The summed E-state index contributed by atoms with van der Waals surface area (Å²) < 4.78 is 2.32. The largest absolute Gasteiger partial charge is 0.205 e. The maximum atomic E-state index is 2.32. The molecule has 16 heavy (non-hydrogen) atoms. The van der Waals surface area contributed by atoms with Gasteiger partial charge < -0.3 is 0 Å². The summed E-state index contributed by atoms with van der Waals surface area (Å²) in [4.78, 5) is 0. The van der Waals surface area contributed by atoms with Crippen molar-refractivity contribution in [1.82, 2.24) is 0 Å². The van der Waals surface area contributed by atoms with E-state index >= 15 is 0 Å². The average molecular weight is 220 g/mol. The lowest BCUT2D eigenvalue weighted by molar-refractivity contribution is -0.697. The maximum absolute atomic E-state index is 2.32. The van der Waals surface area contributed by atoms with Crippen LogP contribution in [-0.2, 0) is 6.54 Å². The van der Waals surface area contributed by atoms with Crippen LogP contribution in [0.1, 0.15) is 56.6 Å². The minimum Gasteiger partial charge on any atom is -0.205 e. The molecule has 0 bridgehead atoms. The van der Waals surface area contributed by atoms with E-state index in [2.05, 4.69) is 43.8 Å². The number of aromatic nitrogens is 1. The monoisotopic (exact) mass is 220 g/mol. The Kier molecular flexibility index (Phi) is 6.14. The normalized spacial score (nSPS) is 10.7. The van der Waals surface area contributed by atoms with Gasteiger partial charge in [-0.15, -0.1) is 0 Å². The standard InChI is InChI=1S/C15H26N/c1-4-5-6-7-8-9-11-16-12-10-14(2)15(3)13-16/h10,12-13H,4-9,11H2,1-3H3/q+1. The molecule has 0 saturated heterocycles. The van der Waals surface area contributed by atoms with Gasteiger partial charge in [0.05, 0.1) is 0 Å². The van der Waals surface area contributed by atoms with Gasteiger partial charge in [-0.1, -0.05) is 32.6 Å². The van der Waals surface area contributed by atoms with Crippen molar-refractivity contribution in [3.63, 3.8) is 0 Å². The van der Waals surface area contributed by atoms with Crippen LogP contribution >= 0.6 is 0 Å². The van der Waals surface area contributed by atoms with E-state index in [4.69, 9.17) is 0 Å². The third-order valence-corrected chi connectivity index (χ3v) is 3.27. The van der Waals surface area contributed by atoms with Crippen LogP contribution in [-0.4, -0.2) is 0 Å². The SMILES string of the molecule is CCCCCCCC[n+]1ccc(C)c(C)c1. The summed E-state index contributed by atoms with van der Waals surface area (Å²) in [6.07, 6.45) is 12.7. The third-order valence-electron chi connectivity index (χ3n) is 3.27. The van der Waals surface area contributed by atoms with Crippen molar-refractivity contribution in [2.45, 2.75) is 65.8 Å². The van der Waals surface area contributed by atoms with Gasteiger partial charge in [0.1, 0.15) is 6.54 Å². The Hall–Kier alpha value is -0.850. The molecule has 0 N–H and O–H groups in total. The Balaban J connectivity index is 2.19. The van der Waals surface area contributed by atoms with E-state index in [0.717, 1.165) is 0 Å². The molecule has 0 aliphatic carbocycles. The molecule has 1 aromatic heterocycles. The van der Waals surface area contributed by atoms with E-state index < -0.39 is 0 Å². The van der Waals surface area contributed by atoms with Crippen molar-refractivity contribution in [2.75, 3.05) is 0 Å². The molecule has 0 aliphatic heterocycles. The van der Waals surface area contributed by atoms with Gasteiger partial charge in [0.15, 0.2) is 12.4 Å². The zero-order chi connectivity index (χ0) is 11.8. The first-order valence-electron chi connectivity index (χ1n) is 6.70. The molecule has 0 unspecified atom stereocenters. The van der Waals surface area contributed by atoms with Crippen molar-refractivity contribution in [3.05, 3.63) is 29.6 Å². The molecule has 1 nitrogen and oxygen atoms in total. The predicted octanol–water partition coefficient (Wildman–Crippen LogP) is 3.95. The van der Waals surface area contributed by atoms with Crippen molar-refractivity contribution >= 4 is 0 Å². The van der Waals surface area contributed by atoms with E-state index in [-0.39, 0.29) is 0 Å². The van der Waals surface area contributed by atoms with Gasteiger partial charge in [-0.2, -0.15) is 0 Å². The Morgan fingerprint density at radius 1 is 0.938 bits per heavy atom. The maximum Gasteiger partial charge on any atom is 0.171 e. The second-order valence-electron chi connectivity index (χ2n) is 4.82. The molecule has 0 aromatic carbocycles. The molecule has 0 fully saturated rings. The zero-order valence-electron chi connectivity index (χ0n) is 11.1.